The van der Waals surface area contributed by atoms with E-state index in [9.17, 15) is 19.8 Å². The Morgan fingerprint density at radius 1 is 0.917 bits per heavy atom. The average molecular weight is 330 g/mol. The zero-order chi connectivity index (χ0) is 17.4. The predicted octanol–water partition coefficient (Wildman–Crippen LogP) is 2.68. The molecular weight excluding hydrogens is 312 g/mol. The number of rotatable bonds is 8. The van der Waals surface area contributed by atoms with E-state index >= 15 is 0 Å². The molecule has 0 radical (unpaired) electrons. The van der Waals surface area contributed by atoms with Crippen LogP contribution in [0, 0.1) is 0 Å². The van der Waals surface area contributed by atoms with Crippen molar-refractivity contribution < 1.29 is 29.3 Å². The van der Waals surface area contributed by atoms with Crippen molar-refractivity contribution in [2.75, 3.05) is 13.2 Å². The van der Waals surface area contributed by atoms with Crippen LogP contribution >= 0.6 is 0 Å². The molecule has 0 aromatic heterocycles. The summed E-state index contributed by atoms with van der Waals surface area (Å²) >= 11 is 0. The molecular formula is C18H18O6. The van der Waals surface area contributed by atoms with Crippen molar-refractivity contribution in [3.63, 3.8) is 0 Å². The summed E-state index contributed by atoms with van der Waals surface area (Å²) in [5, 5.41) is 19.3. The standard InChI is InChI=1S/C18H18O6/c1-3-23-7-9-5-11-13(9)15(17(19)20)12-6-10(8-24-4-2)14(12)16(11)18(21)22/h3-4,9-10H,1-2,5-8H2,(H,19,20)(H,21,22). The Labute approximate surface area is 139 Å². The SMILES string of the molecule is C=COCC1Cc2c(C(=O)O)c3c(c(C(=O)O)c21)CC3COC=C. The van der Waals surface area contributed by atoms with E-state index in [0.29, 0.717) is 48.3 Å². The van der Waals surface area contributed by atoms with Gasteiger partial charge in [-0.05, 0) is 35.1 Å². The topological polar surface area (TPSA) is 93.1 Å². The van der Waals surface area contributed by atoms with Gasteiger partial charge in [0, 0.05) is 11.8 Å². The maximum atomic E-state index is 11.8. The Bertz CT molecular complexity index is 685. The van der Waals surface area contributed by atoms with Crippen LogP contribution in [0.25, 0.3) is 0 Å². The van der Waals surface area contributed by atoms with E-state index in [-0.39, 0.29) is 23.0 Å². The van der Waals surface area contributed by atoms with Crippen LogP contribution in [0.4, 0.5) is 0 Å². The first-order valence-corrected chi connectivity index (χ1v) is 7.64. The number of benzene rings is 1. The lowest BCUT2D eigenvalue weighted by molar-refractivity contribution is 0.0667. The van der Waals surface area contributed by atoms with Gasteiger partial charge < -0.3 is 19.7 Å². The molecule has 24 heavy (non-hydrogen) atoms. The summed E-state index contributed by atoms with van der Waals surface area (Å²) in [5.74, 6) is -2.27. The molecule has 0 saturated carbocycles. The molecule has 0 saturated heterocycles. The minimum atomic E-state index is -1.02. The van der Waals surface area contributed by atoms with E-state index in [1.54, 1.807) is 0 Å². The molecule has 6 nitrogen and oxygen atoms in total. The van der Waals surface area contributed by atoms with Gasteiger partial charge in [-0.25, -0.2) is 9.59 Å². The van der Waals surface area contributed by atoms with Crippen LogP contribution in [0.2, 0.25) is 0 Å². The van der Waals surface area contributed by atoms with Gasteiger partial charge in [0.05, 0.1) is 36.9 Å². The van der Waals surface area contributed by atoms with Crippen LogP contribution in [-0.2, 0) is 22.3 Å². The predicted molar refractivity (Wildman–Crippen MR) is 85.5 cm³/mol. The highest BCUT2D eigenvalue weighted by Gasteiger charge is 2.45. The zero-order valence-corrected chi connectivity index (χ0v) is 13.1. The van der Waals surface area contributed by atoms with Gasteiger partial charge in [0.2, 0.25) is 0 Å². The lowest BCUT2D eigenvalue weighted by atomic mass is 9.63. The molecule has 1 aromatic carbocycles. The Morgan fingerprint density at radius 3 is 1.58 bits per heavy atom. The van der Waals surface area contributed by atoms with Gasteiger partial charge in [-0.3, -0.25) is 0 Å². The Kier molecular flexibility index (Phi) is 4.05. The van der Waals surface area contributed by atoms with E-state index in [1.807, 2.05) is 0 Å². The van der Waals surface area contributed by atoms with E-state index in [2.05, 4.69) is 13.2 Å². The summed E-state index contributed by atoms with van der Waals surface area (Å²) in [6, 6.07) is 0. The molecule has 0 spiro atoms. The minimum Gasteiger partial charge on any atom is -0.501 e. The summed E-state index contributed by atoms with van der Waals surface area (Å²) in [6.45, 7) is 7.56. The Balaban J connectivity index is 2.11. The van der Waals surface area contributed by atoms with Gasteiger partial charge in [0.1, 0.15) is 0 Å². The number of carboxylic acids is 2. The van der Waals surface area contributed by atoms with Crippen molar-refractivity contribution in [2.45, 2.75) is 24.7 Å². The van der Waals surface area contributed by atoms with Crippen LogP contribution in [0.3, 0.4) is 0 Å². The summed E-state index contributed by atoms with van der Waals surface area (Å²) in [4.78, 5) is 23.6. The lowest BCUT2D eigenvalue weighted by Gasteiger charge is -2.41. The van der Waals surface area contributed by atoms with Gasteiger partial charge in [0.25, 0.3) is 0 Å². The molecule has 2 aliphatic carbocycles. The molecule has 0 amide bonds. The second-order valence-corrected chi connectivity index (χ2v) is 5.95. The van der Waals surface area contributed by atoms with Gasteiger partial charge in [-0.15, -0.1) is 0 Å². The molecule has 0 fully saturated rings. The van der Waals surface area contributed by atoms with Gasteiger partial charge in [-0.1, -0.05) is 13.2 Å². The highest BCUT2D eigenvalue weighted by atomic mass is 16.5. The first-order chi connectivity index (χ1) is 11.5. The van der Waals surface area contributed by atoms with Gasteiger partial charge in [0.15, 0.2) is 0 Å². The number of carboxylic acid groups (broad SMARTS) is 2. The smallest absolute Gasteiger partial charge is 0.336 e. The summed E-state index contributed by atoms with van der Waals surface area (Å²) < 4.78 is 10.4. The van der Waals surface area contributed by atoms with Crippen LogP contribution in [0.15, 0.2) is 25.7 Å². The van der Waals surface area contributed by atoms with E-state index < -0.39 is 11.9 Å². The maximum absolute atomic E-state index is 11.8. The average Bonchev–Trinajstić information content (AvgIpc) is 2.49. The molecule has 3 rings (SSSR count). The quantitative estimate of drug-likeness (QED) is 0.712. The fraction of sp³-hybridized carbons (Fsp3) is 0.333. The minimum absolute atomic E-state index is 0.115. The highest BCUT2D eigenvalue weighted by Crippen LogP contribution is 2.50. The fourth-order valence-electron chi connectivity index (χ4n) is 3.80. The maximum Gasteiger partial charge on any atom is 0.336 e. The fourth-order valence-corrected chi connectivity index (χ4v) is 3.80. The molecule has 0 bridgehead atoms. The third-order valence-corrected chi connectivity index (χ3v) is 4.77. The number of ether oxygens (including phenoxy) is 2. The number of carbonyl (C=O) groups is 2. The van der Waals surface area contributed by atoms with E-state index in [1.165, 1.54) is 12.5 Å². The van der Waals surface area contributed by atoms with Crippen molar-refractivity contribution in [1.29, 1.82) is 0 Å². The molecule has 126 valence electrons. The Morgan fingerprint density at radius 2 is 1.29 bits per heavy atom. The zero-order valence-electron chi connectivity index (χ0n) is 13.1. The van der Waals surface area contributed by atoms with Crippen LogP contribution in [-0.4, -0.2) is 35.4 Å². The molecule has 2 atom stereocenters. The van der Waals surface area contributed by atoms with Crippen molar-refractivity contribution in [1.82, 2.24) is 0 Å². The van der Waals surface area contributed by atoms with Crippen molar-refractivity contribution in [2.24, 2.45) is 0 Å². The monoisotopic (exact) mass is 330 g/mol. The summed E-state index contributed by atoms with van der Waals surface area (Å²) in [7, 11) is 0. The van der Waals surface area contributed by atoms with E-state index in [0.717, 1.165) is 0 Å². The van der Waals surface area contributed by atoms with Gasteiger partial charge in [-0.2, -0.15) is 0 Å². The molecule has 2 aliphatic rings. The molecule has 0 heterocycles. The van der Waals surface area contributed by atoms with Gasteiger partial charge >= 0.3 is 11.9 Å². The second kappa shape index (κ2) is 6.03. The van der Waals surface area contributed by atoms with Crippen molar-refractivity contribution >= 4 is 11.9 Å². The molecule has 2 N–H and O–H groups in total. The third kappa shape index (κ3) is 2.26. The first-order valence-electron chi connectivity index (χ1n) is 7.64. The normalized spacial score (nSPS) is 19.8. The van der Waals surface area contributed by atoms with Crippen molar-refractivity contribution in [3.8, 4) is 0 Å². The highest BCUT2D eigenvalue weighted by molar-refractivity contribution is 6.01. The second-order valence-electron chi connectivity index (χ2n) is 5.95. The van der Waals surface area contributed by atoms with Crippen molar-refractivity contribution in [3.05, 3.63) is 59.1 Å². The number of fused-ring (bicyclic) bond motifs is 2. The molecule has 1 aromatic rings. The molecule has 6 heteroatoms. The van der Waals surface area contributed by atoms with Crippen LogP contribution in [0.5, 0.6) is 0 Å². The molecule has 2 unspecified atom stereocenters. The first kappa shape index (κ1) is 16.1. The number of hydrogen-bond acceptors (Lipinski definition) is 4. The molecule has 0 aliphatic heterocycles. The Hall–Kier alpha value is -2.76. The number of aromatic carboxylic acids is 2. The van der Waals surface area contributed by atoms with Crippen LogP contribution in [0.1, 0.15) is 54.8 Å². The largest absolute Gasteiger partial charge is 0.501 e. The van der Waals surface area contributed by atoms with E-state index in [4.69, 9.17) is 9.47 Å². The third-order valence-electron chi connectivity index (χ3n) is 4.77. The number of hydrogen-bond donors (Lipinski definition) is 2. The van der Waals surface area contributed by atoms with Crippen LogP contribution < -0.4 is 0 Å². The lowest BCUT2D eigenvalue weighted by Crippen LogP contribution is -2.36. The summed E-state index contributed by atoms with van der Waals surface area (Å²) in [6.07, 6.45) is 3.60. The summed E-state index contributed by atoms with van der Waals surface area (Å²) in [5.41, 5.74) is 2.90.